The van der Waals surface area contributed by atoms with Crippen molar-refractivity contribution in [1.29, 1.82) is 0 Å². The summed E-state index contributed by atoms with van der Waals surface area (Å²) in [5.74, 6) is 0.155. The molecule has 0 atom stereocenters. The van der Waals surface area contributed by atoms with Gasteiger partial charge in [0, 0.05) is 19.2 Å². The van der Waals surface area contributed by atoms with Crippen LogP contribution >= 0.6 is 36.4 Å². The molecule has 0 aromatic heterocycles. The molecule has 2 aromatic carbocycles. The molecule has 5 nitrogen and oxygen atoms in total. The van der Waals surface area contributed by atoms with E-state index in [2.05, 4.69) is 30.1 Å². The maximum atomic E-state index is 12.6. The van der Waals surface area contributed by atoms with E-state index in [-0.39, 0.29) is 30.7 Å². The minimum absolute atomic E-state index is 0. The molecule has 0 spiro atoms. The van der Waals surface area contributed by atoms with E-state index in [0.29, 0.717) is 28.6 Å². The van der Waals surface area contributed by atoms with Gasteiger partial charge < -0.3 is 15.8 Å². The topological polar surface area (TPSA) is 67.6 Å². The molecule has 8 heteroatoms. The highest BCUT2D eigenvalue weighted by Gasteiger charge is 2.15. The number of nitrogens with zero attached hydrogens (tertiary/aromatic N) is 1. The van der Waals surface area contributed by atoms with Gasteiger partial charge in [0.15, 0.2) is 0 Å². The third kappa shape index (κ3) is 6.74. The van der Waals surface area contributed by atoms with Gasteiger partial charge in [0.1, 0.15) is 5.75 Å². The Bertz CT molecular complexity index is 768. The maximum absolute atomic E-state index is 12.6. The summed E-state index contributed by atoms with van der Waals surface area (Å²) in [6.07, 6.45) is 0. The van der Waals surface area contributed by atoms with Crippen molar-refractivity contribution in [3.63, 3.8) is 0 Å². The van der Waals surface area contributed by atoms with E-state index in [4.69, 9.17) is 22.1 Å². The van der Waals surface area contributed by atoms with Crippen molar-refractivity contribution in [1.82, 2.24) is 10.2 Å². The molecule has 0 saturated carbocycles. The summed E-state index contributed by atoms with van der Waals surface area (Å²) in [6, 6.07) is 11.2. The number of carbonyl (C=O) groups is 1. The Morgan fingerprint density at radius 3 is 2.32 bits per heavy atom. The van der Waals surface area contributed by atoms with Gasteiger partial charge in [-0.05, 0) is 30.3 Å². The van der Waals surface area contributed by atoms with Crippen molar-refractivity contribution in [2.24, 2.45) is 0 Å². The summed E-state index contributed by atoms with van der Waals surface area (Å²) in [5, 5.41) is 3.28. The number of benzene rings is 2. The molecule has 28 heavy (non-hydrogen) atoms. The van der Waals surface area contributed by atoms with Crippen molar-refractivity contribution in [3.8, 4) is 5.75 Å². The van der Waals surface area contributed by atoms with Crippen LogP contribution < -0.4 is 15.8 Å². The number of hydrogen-bond acceptors (Lipinski definition) is 4. The van der Waals surface area contributed by atoms with Crippen molar-refractivity contribution in [3.05, 3.63) is 58.1 Å². The van der Waals surface area contributed by atoms with Crippen LogP contribution in [0.2, 0.25) is 5.02 Å². The first kappa shape index (κ1) is 26.3. The van der Waals surface area contributed by atoms with Crippen LogP contribution in [0.1, 0.15) is 35.3 Å². The molecule has 0 aliphatic rings. The first-order valence-corrected chi connectivity index (χ1v) is 9.08. The summed E-state index contributed by atoms with van der Waals surface area (Å²) in [6.45, 7) is 7.55. The molecule has 3 N–H and O–H groups in total. The van der Waals surface area contributed by atoms with E-state index in [1.807, 2.05) is 18.2 Å². The average molecular weight is 449 g/mol. The smallest absolute Gasteiger partial charge is 0.255 e. The molecular weight excluding hydrogens is 421 g/mol. The third-order valence-electron chi connectivity index (χ3n) is 4.41. The largest absolute Gasteiger partial charge is 0.496 e. The molecule has 0 bridgehead atoms. The van der Waals surface area contributed by atoms with Crippen LogP contribution in [-0.4, -0.2) is 31.0 Å². The van der Waals surface area contributed by atoms with E-state index in [1.54, 1.807) is 6.07 Å². The van der Waals surface area contributed by atoms with Crippen molar-refractivity contribution in [2.45, 2.75) is 26.9 Å². The molecule has 0 aliphatic carbocycles. The zero-order valence-corrected chi connectivity index (χ0v) is 18.7. The number of ether oxygens (including phenoxy) is 1. The number of methoxy groups -OCH3 is 1. The van der Waals surface area contributed by atoms with Crippen LogP contribution in [0.5, 0.6) is 5.75 Å². The highest BCUT2D eigenvalue weighted by molar-refractivity contribution is 6.33. The standard InChI is InChI=1S/C20H26ClN3O2.2ClH/c1-4-24(5-2)13-15-9-7-6-8-14(15)12-23-20(25)16-10-17(21)18(22)11-19(16)26-3;;/h6-11H,4-5,12-13,22H2,1-3H3,(H,23,25);2*1H. The zero-order chi connectivity index (χ0) is 19.1. The number of rotatable bonds is 8. The third-order valence-corrected chi connectivity index (χ3v) is 4.74. The van der Waals surface area contributed by atoms with Gasteiger partial charge in [-0.1, -0.05) is 49.7 Å². The number of nitrogens with one attached hydrogen (secondary N) is 1. The van der Waals surface area contributed by atoms with Gasteiger partial charge in [0.2, 0.25) is 0 Å². The van der Waals surface area contributed by atoms with Crippen molar-refractivity contribution < 1.29 is 9.53 Å². The van der Waals surface area contributed by atoms with Gasteiger partial charge >= 0.3 is 0 Å². The monoisotopic (exact) mass is 447 g/mol. The lowest BCUT2D eigenvalue weighted by Gasteiger charge is -2.20. The Hall–Kier alpha value is -1.66. The molecule has 2 aromatic rings. The lowest BCUT2D eigenvalue weighted by molar-refractivity contribution is 0.0947. The minimum atomic E-state index is -0.249. The Morgan fingerprint density at radius 1 is 1.14 bits per heavy atom. The van der Waals surface area contributed by atoms with E-state index in [9.17, 15) is 4.79 Å². The van der Waals surface area contributed by atoms with Crippen LogP contribution in [0.15, 0.2) is 36.4 Å². The van der Waals surface area contributed by atoms with Crippen LogP contribution in [0.25, 0.3) is 0 Å². The minimum Gasteiger partial charge on any atom is -0.496 e. The number of halogens is 3. The second kappa shape index (κ2) is 12.7. The quantitative estimate of drug-likeness (QED) is 0.582. The molecule has 0 saturated heterocycles. The Morgan fingerprint density at radius 2 is 1.75 bits per heavy atom. The second-order valence-corrected chi connectivity index (χ2v) is 6.39. The Balaban J connectivity index is 0.00000364. The second-order valence-electron chi connectivity index (χ2n) is 5.99. The Labute approximate surface area is 184 Å². The lowest BCUT2D eigenvalue weighted by atomic mass is 10.1. The van der Waals surface area contributed by atoms with Gasteiger partial charge in [-0.25, -0.2) is 0 Å². The molecule has 0 heterocycles. The summed E-state index contributed by atoms with van der Waals surface area (Å²) in [4.78, 5) is 14.9. The predicted octanol–water partition coefficient (Wildman–Crippen LogP) is 4.55. The van der Waals surface area contributed by atoms with Gasteiger partial charge in [-0.3, -0.25) is 9.69 Å². The number of hydrogen-bond donors (Lipinski definition) is 2. The number of nitrogens with two attached hydrogens (primary N) is 1. The molecule has 0 unspecified atom stereocenters. The molecule has 1 amide bonds. The molecule has 0 radical (unpaired) electrons. The molecule has 156 valence electrons. The van der Waals surface area contributed by atoms with Crippen LogP contribution in [0, 0.1) is 0 Å². The van der Waals surface area contributed by atoms with Crippen LogP contribution in [0.4, 0.5) is 5.69 Å². The highest BCUT2D eigenvalue weighted by Crippen LogP contribution is 2.28. The SMILES string of the molecule is CCN(CC)Cc1ccccc1CNC(=O)c1cc(Cl)c(N)cc1OC.Cl.Cl. The number of amides is 1. The first-order chi connectivity index (χ1) is 12.5. The van der Waals surface area contributed by atoms with E-state index in [0.717, 1.165) is 25.2 Å². The first-order valence-electron chi connectivity index (χ1n) is 8.70. The summed E-state index contributed by atoms with van der Waals surface area (Å²) < 4.78 is 5.25. The zero-order valence-electron chi connectivity index (χ0n) is 16.3. The number of nitrogen functional groups attached to an aromatic ring is 1. The summed E-state index contributed by atoms with van der Waals surface area (Å²) >= 11 is 6.05. The lowest BCUT2D eigenvalue weighted by Crippen LogP contribution is -2.26. The highest BCUT2D eigenvalue weighted by atomic mass is 35.5. The van der Waals surface area contributed by atoms with Gasteiger partial charge in [0.25, 0.3) is 5.91 Å². The van der Waals surface area contributed by atoms with Crippen molar-refractivity contribution >= 4 is 48.0 Å². The van der Waals surface area contributed by atoms with E-state index in [1.165, 1.54) is 18.7 Å². The summed E-state index contributed by atoms with van der Waals surface area (Å²) in [7, 11) is 1.50. The summed E-state index contributed by atoms with van der Waals surface area (Å²) in [5.41, 5.74) is 8.82. The fourth-order valence-corrected chi connectivity index (χ4v) is 2.92. The van der Waals surface area contributed by atoms with Crippen molar-refractivity contribution in [2.75, 3.05) is 25.9 Å². The molecule has 0 fully saturated rings. The fourth-order valence-electron chi connectivity index (χ4n) is 2.76. The average Bonchev–Trinajstić information content (AvgIpc) is 2.66. The van der Waals surface area contributed by atoms with Gasteiger partial charge in [0.05, 0.1) is 23.4 Å². The van der Waals surface area contributed by atoms with E-state index < -0.39 is 0 Å². The number of anilines is 1. The normalized spacial score (nSPS) is 10.0. The molecule has 2 rings (SSSR count). The molecule has 0 aliphatic heterocycles. The van der Waals surface area contributed by atoms with Gasteiger partial charge in [-0.15, -0.1) is 24.8 Å². The maximum Gasteiger partial charge on any atom is 0.255 e. The van der Waals surface area contributed by atoms with Crippen LogP contribution in [0.3, 0.4) is 0 Å². The van der Waals surface area contributed by atoms with E-state index >= 15 is 0 Å². The fraction of sp³-hybridized carbons (Fsp3) is 0.350. The predicted molar refractivity (Wildman–Crippen MR) is 121 cm³/mol. The van der Waals surface area contributed by atoms with Gasteiger partial charge in [-0.2, -0.15) is 0 Å². The Kier molecular flexibility index (Phi) is 12.0. The molecular formula is C20H28Cl3N3O2. The number of carbonyl (C=O) groups excluding carboxylic acids is 1. The van der Waals surface area contributed by atoms with Crippen LogP contribution in [-0.2, 0) is 13.1 Å².